The summed E-state index contributed by atoms with van der Waals surface area (Å²) < 4.78 is 5.85. The number of nitrogens with zero attached hydrogens (tertiary/aromatic N) is 3. The topological polar surface area (TPSA) is 70.7 Å². The molecule has 2 amide bonds. The first-order valence-corrected chi connectivity index (χ1v) is 9.98. The average molecular weight is 407 g/mol. The number of amides is 2. The molecule has 2 aliphatic rings. The third-order valence-electron chi connectivity index (χ3n) is 5.20. The number of anilines is 2. The van der Waals surface area contributed by atoms with Crippen molar-refractivity contribution in [3.63, 3.8) is 0 Å². The van der Waals surface area contributed by atoms with Crippen LogP contribution in [-0.4, -0.2) is 28.6 Å². The van der Waals surface area contributed by atoms with Crippen LogP contribution in [0.3, 0.4) is 0 Å². The smallest absolute Gasteiger partial charge is 0.327 e. The molecule has 1 fully saturated rings. The van der Waals surface area contributed by atoms with Crippen LogP contribution in [0.1, 0.15) is 24.5 Å². The highest BCUT2D eigenvalue weighted by molar-refractivity contribution is 6.30. The molecule has 0 spiro atoms. The van der Waals surface area contributed by atoms with Crippen molar-refractivity contribution in [2.75, 3.05) is 16.8 Å². The number of hydrogen-bond donors (Lipinski definition) is 1. The monoisotopic (exact) mass is 406 g/mol. The molecule has 5 rings (SSSR count). The highest BCUT2D eigenvalue weighted by Crippen LogP contribution is 2.46. The number of urea groups is 1. The lowest BCUT2D eigenvalue weighted by atomic mass is 10.0. The van der Waals surface area contributed by atoms with Gasteiger partial charge in [0.15, 0.2) is 0 Å². The van der Waals surface area contributed by atoms with Crippen LogP contribution >= 0.6 is 11.6 Å². The number of carbonyl (C=O) groups excluding carboxylic acids is 1. The summed E-state index contributed by atoms with van der Waals surface area (Å²) in [5.74, 6) is 0.635. The summed E-state index contributed by atoms with van der Waals surface area (Å²) in [5.41, 5.74) is 3.26. The molecule has 0 radical (unpaired) electrons. The number of ether oxygens (including phenoxy) is 1. The number of rotatable bonds is 2. The molecule has 2 atom stereocenters. The van der Waals surface area contributed by atoms with Gasteiger partial charge in [-0.1, -0.05) is 29.8 Å². The van der Waals surface area contributed by atoms with Gasteiger partial charge in [-0.3, -0.25) is 9.88 Å². The number of hydrogen-bond acceptors (Lipinski definition) is 4. The van der Waals surface area contributed by atoms with E-state index < -0.39 is 0 Å². The zero-order valence-corrected chi connectivity index (χ0v) is 16.3. The molecule has 6 nitrogen and oxygen atoms in total. The molecular formula is C22H19ClN4O2. The zero-order chi connectivity index (χ0) is 19.8. The number of halogens is 1. The second-order valence-electron chi connectivity index (χ2n) is 7.18. The minimum absolute atomic E-state index is 0.0000896. The first-order chi connectivity index (χ1) is 14.2. The average Bonchev–Trinajstić information content (AvgIpc) is 3.48. The predicted molar refractivity (Wildman–Crippen MR) is 112 cm³/mol. The fraction of sp³-hybridized carbons (Fsp3) is 0.227. The normalized spacial score (nSPS) is 20.1. The summed E-state index contributed by atoms with van der Waals surface area (Å²) >= 11 is 6.16. The number of epoxide rings is 1. The van der Waals surface area contributed by atoms with Gasteiger partial charge < -0.3 is 10.1 Å². The summed E-state index contributed by atoms with van der Waals surface area (Å²) in [6.45, 7) is 0.567. The first kappa shape index (κ1) is 18.1. The lowest BCUT2D eigenvalue weighted by Crippen LogP contribution is -2.38. The molecule has 0 saturated carbocycles. The van der Waals surface area contributed by atoms with E-state index in [9.17, 15) is 4.79 Å². The molecule has 2 aromatic heterocycles. The minimum atomic E-state index is -0.228. The highest BCUT2D eigenvalue weighted by Gasteiger charge is 2.44. The molecule has 1 N–H and O–H groups in total. The van der Waals surface area contributed by atoms with Crippen molar-refractivity contribution in [2.24, 2.45) is 0 Å². The van der Waals surface area contributed by atoms with Gasteiger partial charge in [0.1, 0.15) is 11.9 Å². The van der Waals surface area contributed by atoms with Crippen molar-refractivity contribution in [3.8, 4) is 11.3 Å². The Morgan fingerprint density at radius 3 is 2.97 bits per heavy atom. The number of fused-ring (bicyclic) bond motifs is 3. The zero-order valence-electron chi connectivity index (χ0n) is 15.6. The summed E-state index contributed by atoms with van der Waals surface area (Å²) in [5, 5.41) is 3.57. The van der Waals surface area contributed by atoms with Gasteiger partial charge in [-0.15, -0.1) is 0 Å². The van der Waals surface area contributed by atoms with Gasteiger partial charge in [0, 0.05) is 28.9 Å². The van der Waals surface area contributed by atoms with Crippen LogP contribution in [0.5, 0.6) is 0 Å². The standard InChI is InChI=1S/C22H19ClN4O2/c23-15-5-1-4-14(12-15)18-9-8-17-20-19(29-20)7-3-11-27(21(17)26-18)22(28)25-16-6-2-10-24-13-16/h1-2,4-6,8-10,12-13,19-20H,3,7,11H2,(H,25,28). The van der Waals surface area contributed by atoms with E-state index in [2.05, 4.69) is 10.3 Å². The Labute approximate surface area is 173 Å². The van der Waals surface area contributed by atoms with Crippen LogP contribution < -0.4 is 10.2 Å². The van der Waals surface area contributed by atoms with E-state index in [0.29, 0.717) is 23.1 Å². The van der Waals surface area contributed by atoms with Crippen LogP contribution in [-0.2, 0) is 4.74 Å². The molecule has 1 aromatic carbocycles. The predicted octanol–water partition coefficient (Wildman–Crippen LogP) is 5.07. The third kappa shape index (κ3) is 3.69. The van der Waals surface area contributed by atoms with Crippen LogP contribution in [0.15, 0.2) is 60.9 Å². The van der Waals surface area contributed by atoms with Crippen molar-refractivity contribution >= 4 is 29.1 Å². The number of carbonyl (C=O) groups is 1. The maximum Gasteiger partial charge on any atom is 0.327 e. The molecule has 2 unspecified atom stereocenters. The number of aromatic nitrogens is 2. The van der Waals surface area contributed by atoms with Gasteiger partial charge in [-0.2, -0.15) is 0 Å². The van der Waals surface area contributed by atoms with Crippen molar-refractivity contribution < 1.29 is 9.53 Å². The molecule has 4 heterocycles. The Bertz CT molecular complexity index is 1060. The molecular weight excluding hydrogens is 388 g/mol. The molecule has 3 aromatic rings. The Hall–Kier alpha value is -2.96. The summed E-state index contributed by atoms with van der Waals surface area (Å²) in [6.07, 6.45) is 5.29. The Balaban J connectivity index is 1.54. The van der Waals surface area contributed by atoms with Crippen LogP contribution in [0.4, 0.5) is 16.3 Å². The number of pyridine rings is 2. The van der Waals surface area contributed by atoms with E-state index in [4.69, 9.17) is 21.3 Å². The molecule has 0 aliphatic carbocycles. The van der Waals surface area contributed by atoms with E-state index in [1.54, 1.807) is 23.4 Å². The van der Waals surface area contributed by atoms with Gasteiger partial charge in [-0.05, 0) is 43.2 Å². The Morgan fingerprint density at radius 2 is 2.14 bits per heavy atom. The van der Waals surface area contributed by atoms with Crippen molar-refractivity contribution in [3.05, 3.63) is 71.5 Å². The maximum absolute atomic E-state index is 13.1. The van der Waals surface area contributed by atoms with Crippen LogP contribution in [0.25, 0.3) is 11.3 Å². The van der Waals surface area contributed by atoms with E-state index in [0.717, 1.165) is 29.7 Å². The quantitative estimate of drug-likeness (QED) is 0.603. The van der Waals surface area contributed by atoms with E-state index in [-0.39, 0.29) is 18.2 Å². The lowest BCUT2D eigenvalue weighted by molar-refractivity contribution is 0.256. The maximum atomic E-state index is 13.1. The number of nitrogens with one attached hydrogen (secondary N) is 1. The summed E-state index contributed by atoms with van der Waals surface area (Å²) in [6, 6.07) is 14.9. The van der Waals surface area contributed by atoms with Crippen LogP contribution in [0, 0.1) is 0 Å². The summed E-state index contributed by atoms with van der Waals surface area (Å²) in [4.78, 5) is 23.7. The van der Waals surface area contributed by atoms with E-state index in [1.807, 2.05) is 42.5 Å². The SMILES string of the molecule is O=C(Nc1cccnc1)N1CCCC2OC2c2ccc(-c3cccc(Cl)c3)nc21. The second kappa shape index (κ2) is 7.46. The molecule has 146 valence electrons. The fourth-order valence-electron chi connectivity index (χ4n) is 3.72. The Morgan fingerprint density at radius 1 is 1.21 bits per heavy atom. The molecule has 7 heteroatoms. The summed E-state index contributed by atoms with van der Waals surface area (Å²) in [7, 11) is 0. The fourth-order valence-corrected chi connectivity index (χ4v) is 3.91. The first-order valence-electron chi connectivity index (χ1n) is 9.60. The van der Waals surface area contributed by atoms with Gasteiger partial charge in [0.2, 0.25) is 0 Å². The van der Waals surface area contributed by atoms with Gasteiger partial charge >= 0.3 is 6.03 Å². The van der Waals surface area contributed by atoms with E-state index in [1.165, 1.54) is 0 Å². The molecule has 0 bridgehead atoms. The van der Waals surface area contributed by atoms with Gasteiger partial charge in [-0.25, -0.2) is 9.78 Å². The highest BCUT2D eigenvalue weighted by atomic mass is 35.5. The second-order valence-corrected chi connectivity index (χ2v) is 7.62. The van der Waals surface area contributed by atoms with Gasteiger partial charge in [0.25, 0.3) is 0 Å². The van der Waals surface area contributed by atoms with Gasteiger partial charge in [0.05, 0.1) is 23.7 Å². The van der Waals surface area contributed by atoms with Crippen molar-refractivity contribution in [2.45, 2.75) is 25.0 Å². The number of benzene rings is 1. The molecule has 29 heavy (non-hydrogen) atoms. The molecule has 1 saturated heterocycles. The van der Waals surface area contributed by atoms with Crippen molar-refractivity contribution in [1.82, 2.24) is 9.97 Å². The molecule has 2 aliphatic heterocycles. The third-order valence-corrected chi connectivity index (χ3v) is 5.43. The lowest BCUT2D eigenvalue weighted by Gasteiger charge is -2.26. The Kier molecular flexibility index (Phi) is 4.66. The van der Waals surface area contributed by atoms with E-state index >= 15 is 0 Å². The minimum Gasteiger partial charge on any atom is -0.364 e. The van der Waals surface area contributed by atoms with Crippen LogP contribution in [0.2, 0.25) is 5.02 Å². The largest absolute Gasteiger partial charge is 0.364 e. The van der Waals surface area contributed by atoms with Crippen molar-refractivity contribution in [1.29, 1.82) is 0 Å².